The SMILES string of the molecule is CCC(CC)c1nnc(NC(=O)[C@@H]2CC[C@H](CN)O2)s1.Cl. The minimum atomic E-state index is -0.413. The van der Waals surface area contributed by atoms with E-state index in [1.807, 2.05) is 0 Å². The average Bonchev–Trinajstić information content (AvgIpc) is 3.09. The van der Waals surface area contributed by atoms with Crippen LogP contribution in [0.3, 0.4) is 0 Å². The van der Waals surface area contributed by atoms with Crippen molar-refractivity contribution >= 4 is 34.8 Å². The Morgan fingerprint density at radius 2 is 2.14 bits per heavy atom. The van der Waals surface area contributed by atoms with Gasteiger partial charge in [-0.25, -0.2) is 0 Å². The third-order valence-corrected chi connectivity index (χ3v) is 4.67. The van der Waals surface area contributed by atoms with Gasteiger partial charge < -0.3 is 10.5 Å². The maximum absolute atomic E-state index is 12.1. The zero-order valence-electron chi connectivity index (χ0n) is 12.4. The Bertz CT molecular complexity index is 453. The van der Waals surface area contributed by atoms with E-state index in [1.54, 1.807) is 0 Å². The highest BCUT2D eigenvalue weighted by Crippen LogP contribution is 2.28. The second-order valence-electron chi connectivity index (χ2n) is 5.01. The molecule has 1 fully saturated rings. The number of rotatable bonds is 6. The highest BCUT2D eigenvalue weighted by atomic mass is 35.5. The largest absolute Gasteiger partial charge is 0.364 e. The standard InChI is InChI=1S/C13H22N4O2S.ClH/c1-3-8(4-2)12-16-17-13(20-12)15-11(18)10-6-5-9(7-14)19-10;/h8-10H,3-7,14H2,1-2H3,(H,15,17,18);1H/t9-,10+;/m1./s1. The van der Waals surface area contributed by atoms with Gasteiger partial charge in [0.25, 0.3) is 5.91 Å². The Hall–Kier alpha value is -0.760. The lowest BCUT2D eigenvalue weighted by atomic mass is 10.1. The van der Waals surface area contributed by atoms with Crippen LogP contribution >= 0.6 is 23.7 Å². The molecule has 0 aromatic carbocycles. The molecule has 21 heavy (non-hydrogen) atoms. The molecule has 1 saturated heterocycles. The Labute approximate surface area is 135 Å². The maximum atomic E-state index is 12.1. The van der Waals surface area contributed by atoms with Gasteiger partial charge in [-0.1, -0.05) is 25.2 Å². The minimum Gasteiger partial charge on any atom is -0.364 e. The van der Waals surface area contributed by atoms with E-state index in [0.29, 0.717) is 24.0 Å². The smallest absolute Gasteiger partial charge is 0.255 e. The van der Waals surface area contributed by atoms with E-state index in [9.17, 15) is 4.79 Å². The molecule has 0 aliphatic carbocycles. The lowest BCUT2D eigenvalue weighted by Crippen LogP contribution is -2.29. The monoisotopic (exact) mass is 334 g/mol. The first-order valence-electron chi connectivity index (χ1n) is 7.17. The van der Waals surface area contributed by atoms with Crippen molar-refractivity contribution in [3.8, 4) is 0 Å². The van der Waals surface area contributed by atoms with Crippen molar-refractivity contribution in [3.05, 3.63) is 5.01 Å². The Kier molecular flexibility index (Phi) is 7.51. The summed E-state index contributed by atoms with van der Waals surface area (Å²) in [5.74, 6) is 0.274. The fourth-order valence-electron chi connectivity index (χ4n) is 2.35. The van der Waals surface area contributed by atoms with E-state index >= 15 is 0 Å². The van der Waals surface area contributed by atoms with Gasteiger partial charge in [0.05, 0.1) is 6.10 Å². The number of carbonyl (C=O) groups excluding carboxylic acids is 1. The summed E-state index contributed by atoms with van der Waals surface area (Å²) in [6.45, 7) is 4.72. The first-order valence-corrected chi connectivity index (χ1v) is 7.99. The molecule has 1 aromatic heterocycles. The van der Waals surface area contributed by atoms with E-state index in [0.717, 1.165) is 24.3 Å². The zero-order valence-corrected chi connectivity index (χ0v) is 14.0. The van der Waals surface area contributed by atoms with Crippen LogP contribution < -0.4 is 11.1 Å². The van der Waals surface area contributed by atoms with Crippen LogP contribution in [0.5, 0.6) is 0 Å². The molecule has 2 atom stereocenters. The molecule has 0 bridgehead atoms. The first-order chi connectivity index (χ1) is 9.67. The van der Waals surface area contributed by atoms with Gasteiger partial charge in [-0.2, -0.15) is 0 Å². The molecule has 3 N–H and O–H groups in total. The summed E-state index contributed by atoms with van der Waals surface area (Å²) >= 11 is 1.45. The molecule has 2 rings (SSSR count). The molecule has 0 unspecified atom stereocenters. The summed E-state index contributed by atoms with van der Waals surface area (Å²) in [7, 11) is 0. The van der Waals surface area contributed by atoms with E-state index in [-0.39, 0.29) is 24.4 Å². The van der Waals surface area contributed by atoms with Gasteiger partial charge in [0, 0.05) is 12.5 Å². The van der Waals surface area contributed by atoms with Gasteiger partial charge in [0.1, 0.15) is 11.1 Å². The molecule has 6 nitrogen and oxygen atoms in total. The van der Waals surface area contributed by atoms with Crippen molar-refractivity contribution in [2.45, 2.75) is 57.7 Å². The number of ether oxygens (including phenoxy) is 1. The van der Waals surface area contributed by atoms with Crippen LogP contribution in [0.4, 0.5) is 5.13 Å². The number of anilines is 1. The number of nitrogens with zero attached hydrogens (tertiary/aromatic N) is 2. The molecule has 1 amide bonds. The van der Waals surface area contributed by atoms with E-state index in [2.05, 4.69) is 29.4 Å². The van der Waals surface area contributed by atoms with E-state index in [1.165, 1.54) is 11.3 Å². The van der Waals surface area contributed by atoms with Crippen LogP contribution in [0.2, 0.25) is 0 Å². The summed E-state index contributed by atoms with van der Waals surface area (Å²) in [6, 6.07) is 0. The second-order valence-corrected chi connectivity index (χ2v) is 6.02. The molecule has 1 aliphatic heterocycles. The van der Waals surface area contributed by atoms with Crippen molar-refractivity contribution in [2.75, 3.05) is 11.9 Å². The topological polar surface area (TPSA) is 90.1 Å². The fourth-order valence-corrected chi connectivity index (χ4v) is 3.36. The predicted octanol–water partition coefficient (Wildman–Crippen LogP) is 2.31. The number of hydrogen-bond acceptors (Lipinski definition) is 6. The second kappa shape index (κ2) is 8.63. The molecule has 120 valence electrons. The van der Waals surface area contributed by atoms with Crippen LogP contribution in [0.15, 0.2) is 0 Å². The third kappa shape index (κ3) is 4.60. The molecular formula is C13H23ClN4O2S. The van der Waals surface area contributed by atoms with Crippen LogP contribution in [0.1, 0.15) is 50.5 Å². The van der Waals surface area contributed by atoms with E-state index < -0.39 is 6.10 Å². The molecule has 2 heterocycles. The van der Waals surface area contributed by atoms with Gasteiger partial charge in [0.2, 0.25) is 5.13 Å². The summed E-state index contributed by atoms with van der Waals surface area (Å²) in [5, 5.41) is 12.5. The Morgan fingerprint density at radius 3 is 2.71 bits per heavy atom. The van der Waals surface area contributed by atoms with Gasteiger partial charge in [-0.15, -0.1) is 22.6 Å². The molecular weight excluding hydrogens is 312 g/mol. The molecule has 1 aliphatic rings. The lowest BCUT2D eigenvalue weighted by Gasteiger charge is -2.11. The van der Waals surface area contributed by atoms with Gasteiger partial charge in [0.15, 0.2) is 0 Å². The number of halogens is 1. The van der Waals surface area contributed by atoms with Gasteiger partial charge >= 0.3 is 0 Å². The molecule has 0 radical (unpaired) electrons. The Balaban J connectivity index is 0.00000220. The maximum Gasteiger partial charge on any atom is 0.255 e. The van der Waals surface area contributed by atoms with Crippen molar-refractivity contribution in [2.24, 2.45) is 5.73 Å². The number of amides is 1. The van der Waals surface area contributed by atoms with Crippen molar-refractivity contribution < 1.29 is 9.53 Å². The van der Waals surface area contributed by atoms with Crippen molar-refractivity contribution in [1.82, 2.24) is 10.2 Å². The van der Waals surface area contributed by atoms with Crippen molar-refractivity contribution in [1.29, 1.82) is 0 Å². The highest BCUT2D eigenvalue weighted by molar-refractivity contribution is 7.15. The molecule has 8 heteroatoms. The number of nitrogens with two attached hydrogens (primary N) is 1. The molecule has 1 aromatic rings. The Morgan fingerprint density at radius 1 is 1.43 bits per heavy atom. The first kappa shape index (κ1) is 18.3. The van der Waals surface area contributed by atoms with Gasteiger partial charge in [-0.3, -0.25) is 10.1 Å². The number of nitrogens with one attached hydrogen (secondary N) is 1. The van der Waals surface area contributed by atoms with Crippen LogP contribution in [0.25, 0.3) is 0 Å². The lowest BCUT2D eigenvalue weighted by molar-refractivity contribution is -0.126. The van der Waals surface area contributed by atoms with E-state index in [4.69, 9.17) is 10.5 Å². The van der Waals surface area contributed by atoms with Crippen molar-refractivity contribution in [3.63, 3.8) is 0 Å². The quantitative estimate of drug-likeness (QED) is 0.833. The van der Waals surface area contributed by atoms with Crippen LogP contribution in [-0.4, -0.2) is 34.9 Å². The fraction of sp³-hybridized carbons (Fsp3) is 0.769. The number of hydrogen-bond donors (Lipinski definition) is 2. The molecule has 0 spiro atoms. The van der Waals surface area contributed by atoms with Crippen LogP contribution in [0, 0.1) is 0 Å². The number of carbonyl (C=O) groups is 1. The average molecular weight is 335 g/mol. The summed E-state index contributed by atoms with van der Waals surface area (Å²) < 4.78 is 5.56. The van der Waals surface area contributed by atoms with Gasteiger partial charge in [-0.05, 0) is 25.7 Å². The summed E-state index contributed by atoms with van der Waals surface area (Å²) in [4.78, 5) is 12.1. The highest BCUT2D eigenvalue weighted by Gasteiger charge is 2.30. The summed E-state index contributed by atoms with van der Waals surface area (Å²) in [6.07, 6.45) is 3.20. The predicted molar refractivity (Wildman–Crippen MR) is 86.1 cm³/mol. The zero-order chi connectivity index (χ0) is 14.5. The summed E-state index contributed by atoms with van der Waals surface area (Å²) in [5.41, 5.74) is 5.54. The van der Waals surface area contributed by atoms with Crippen LogP contribution in [-0.2, 0) is 9.53 Å². The molecule has 0 saturated carbocycles. The number of aromatic nitrogens is 2. The minimum absolute atomic E-state index is 0. The third-order valence-electron chi connectivity index (χ3n) is 3.67. The normalized spacial score (nSPS) is 21.3.